The van der Waals surface area contributed by atoms with Crippen molar-refractivity contribution in [3.05, 3.63) is 48.0 Å². The van der Waals surface area contributed by atoms with Gasteiger partial charge in [-0.2, -0.15) is 4.52 Å². The number of nitrogens with zero attached hydrogens (tertiary/aromatic N) is 4. The number of piperidine rings is 1. The molecule has 0 bridgehead atoms. The van der Waals surface area contributed by atoms with Gasteiger partial charge in [-0.05, 0) is 43.5 Å². The number of amides is 1. The smallest absolute Gasteiger partial charge is 0.242 e. The largest absolute Gasteiger partial charge is 0.497 e. The van der Waals surface area contributed by atoms with E-state index < -0.39 is 0 Å². The van der Waals surface area contributed by atoms with Gasteiger partial charge in [-0.3, -0.25) is 4.79 Å². The summed E-state index contributed by atoms with van der Waals surface area (Å²) in [5.74, 6) is 1.80. The Balaban J connectivity index is 1.70. The van der Waals surface area contributed by atoms with Gasteiger partial charge in [0.15, 0.2) is 11.5 Å². The predicted molar refractivity (Wildman–Crippen MR) is 115 cm³/mol. The molecule has 2 aromatic heterocycles. The molecule has 1 saturated heterocycles. The third-order valence-corrected chi connectivity index (χ3v) is 5.43. The number of ether oxygens (including phenoxy) is 1. The first kappa shape index (κ1) is 18.4. The molecular formula is C22H22N6O2. The second-order valence-electron chi connectivity index (χ2n) is 7.44. The molecule has 2 N–H and O–H groups in total. The number of hydrogen-bond acceptors (Lipinski definition) is 6. The lowest BCUT2D eigenvalue weighted by Crippen LogP contribution is -2.44. The molecular weight excluding hydrogens is 380 g/mol. The van der Waals surface area contributed by atoms with E-state index in [4.69, 9.17) is 19.8 Å². The Morgan fingerprint density at radius 1 is 1.20 bits per heavy atom. The Hall–Kier alpha value is -3.68. The van der Waals surface area contributed by atoms with Crippen LogP contribution in [0.15, 0.2) is 42.5 Å². The number of aryl methyl sites for hydroxylation is 1. The molecule has 30 heavy (non-hydrogen) atoms. The van der Waals surface area contributed by atoms with Crippen molar-refractivity contribution in [3.8, 4) is 17.1 Å². The lowest BCUT2D eigenvalue weighted by atomic mass is 10.1. The second kappa shape index (κ2) is 7.29. The molecule has 0 spiro atoms. The molecule has 1 aliphatic rings. The zero-order valence-electron chi connectivity index (χ0n) is 16.8. The summed E-state index contributed by atoms with van der Waals surface area (Å²) in [5.41, 5.74) is 3.43. The van der Waals surface area contributed by atoms with E-state index in [1.807, 2.05) is 49.4 Å². The van der Waals surface area contributed by atoms with Gasteiger partial charge < -0.3 is 15.4 Å². The maximum Gasteiger partial charge on any atom is 0.242 e. The second-order valence-corrected chi connectivity index (χ2v) is 7.44. The van der Waals surface area contributed by atoms with Crippen LogP contribution < -0.4 is 15.4 Å². The van der Waals surface area contributed by atoms with Gasteiger partial charge in [-0.15, -0.1) is 5.10 Å². The van der Waals surface area contributed by atoms with Crippen molar-refractivity contribution in [1.29, 1.82) is 0 Å². The number of hydrogen-bond donors (Lipinski definition) is 2. The van der Waals surface area contributed by atoms with Gasteiger partial charge in [-0.25, -0.2) is 9.97 Å². The zero-order valence-corrected chi connectivity index (χ0v) is 16.8. The minimum atomic E-state index is -0.346. The Bertz CT molecular complexity index is 1270. The molecule has 3 heterocycles. The van der Waals surface area contributed by atoms with Crippen molar-refractivity contribution < 1.29 is 9.53 Å². The highest BCUT2D eigenvalue weighted by Crippen LogP contribution is 2.28. The van der Waals surface area contributed by atoms with Gasteiger partial charge >= 0.3 is 0 Å². The Morgan fingerprint density at radius 3 is 2.90 bits per heavy atom. The number of carbonyl (C=O) groups is 1. The van der Waals surface area contributed by atoms with Crippen molar-refractivity contribution in [2.45, 2.75) is 25.8 Å². The number of nitrogens with one attached hydrogen (secondary N) is 2. The van der Waals surface area contributed by atoms with Gasteiger partial charge in [0.25, 0.3) is 0 Å². The quantitative estimate of drug-likeness (QED) is 0.545. The van der Waals surface area contributed by atoms with Crippen LogP contribution in [0.4, 0.5) is 5.95 Å². The van der Waals surface area contributed by atoms with Crippen LogP contribution >= 0.6 is 0 Å². The number of benzene rings is 2. The van der Waals surface area contributed by atoms with Crippen molar-refractivity contribution in [1.82, 2.24) is 24.9 Å². The average molecular weight is 402 g/mol. The average Bonchev–Trinajstić information content (AvgIpc) is 3.21. The fourth-order valence-corrected chi connectivity index (χ4v) is 3.86. The summed E-state index contributed by atoms with van der Waals surface area (Å²) >= 11 is 0. The van der Waals surface area contributed by atoms with Gasteiger partial charge in [0.05, 0.1) is 12.6 Å². The van der Waals surface area contributed by atoms with E-state index in [9.17, 15) is 4.79 Å². The molecule has 0 radical (unpaired) electrons. The summed E-state index contributed by atoms with van der Waals surface area (Å²) < 4.78 is 7.04. The molecule has 0 aliphatic carbocycles. The first-order valence-corrected chi connectivity index (χ1v) is 9.99. The highest BCUT2D eigenvalue weighted by molar-refractivity contribution is 5.96. The third kappa shape index (κ3) is 3.10. The van der Waals surface area contributed by atoms with Gasteiger partial charge in [0.2, 0.25) is 11.9 Å². The minimum absolute atomic E-state index is 0.0197. The van der Waals surface area contributed by atoms with Crippen LogP contribution in [0.2, 0.25) is 0 Å². The van der Waals surface area contributed by atoms with Crippen LogP contribution in [-0.2, 0) is 4.79 Å². The SMILES string of the molecule is COc1cccc(-c2nc3c4c(C)cccc4nc(NC4CCCNC4=O)n3n2)c1. The lowest BCUT2D eigenvalue weighted by molar-refractivity contribution is -0.123. The summed E-state index contributed by atoms with van der Waals surface area (Å²) in [7, 11) is 1.63. The van der Waals surface area contributed by atoms with E-state index in [-0.39, 0.29) is 11.9 Å². The third-order valence-electron chi connectivity index (χ3n) is 5.43. The van der Waals surface area contributed by atoms with E-state index in [1.165, 1.54) is 0 Å². The maximum atomic E-state index is 12.3. The molecule has 152 valence electrons. The molecule has 1 aliphatic heterocycles. The van der Waals surface area contributed by atoms with Crippen molar-refractivity contribution in [2.24, 2.45) is 0 Å². The van der Waals surface area contributed by atoms with Crippen LogP contribution in [0.1, 0.15) is 18.4 Å². The summed E-state index contributed by atoms with van der Waals surface area (Å²) in [5, 5.41) is 11.9. The molecule has 0 saturated carbocycles. The molecule has 1 amide bonds. The Morgan fingerprint density at radius 2 is 2.07 bits per heavy atom. The highest BCUT2D eigenvalue weighted by atomic mass is 16.5. The Labute approximate surface area is 173 Å². The van der Waals surface area contributed by atoms with E-state index in [1.54, 1.807) is 11.6 Å². The van der Waals surface area contributed by atoms with Gasteiger partial charge in [0.1, 0.15) is 11.8 Å². The molecule has 1 unspecified atom stereocenters. The number of anilines is 1. The van der Waals surface area contributed by atoms with E-state index >= 15 is 0 Å². The van der Waals surface area contributed by atoms with Crippen LogP contribution in [0.3, 0.4) is 0 Å². The molecule has 8 heteroatoms. The number of methoxy groups -OCH3 is 1. The van der Waals surface area contributed by atoms with Crippen molar-refractivity contribution >= 4 is 28.4 Å². The van der Waals surface area contributed by atoms with E-state index in [2.05, 4.69) is 10.6 Å². The van der Waals surface area contributed by atoms with Crippen molar-refractivity contribution in [2.75, 3.05) is 19.0 Å². The number of fused-ring (bicyclic) bond motifs is 3. The number of carbonyl (C=O) groups excluding carboxylic acids is 1. The molecule has 8 nitrogen and oxygen atoms in total. The summed E-state index contributed by atoms with van der Waals surface area (Å²) in [6, 6.07) is 13.3. The van der Waals surface area contributed by atoms with Gasteiger partial charge in [0, 0.05) is 17.5 Å². The van der Waals surface area contributed by atoms with Crippen LogP contribution in [0.25, 0.3) is 27.9 Å². The van der Waals surface area contributed by atoms with Crippen LogP contribution in [0, 0.1) is 6.92 Å². The van der Waals surface area contributed by atoms with E-state index in [0.29, 0.717) is 24.0 Å². The van der Waals surface area contributed by atoms with Crippen LogP contribution in [-0.4, -0.2) is 45.2 Å². The monoisotopic (exact) mass is 402 g/mol. The molecule has 1 atom stereocenters. The number of rotatable bonds is 4. The molecule has 2 aromatic carbocycles. The molecule has 4 aromatic rings. The molecule has 1 fully saturated rings. The standard InChI is InChI=1S/C22H22N6O2/c1-13-6-3-9-16-18(13)20-26-19(14-7-4-8-15(12-14)30-2)27-28(20)22(24-16)25-17-10-5-11-23-21(17)29/h3-4,6-9,12,17H,5,10-11H2,1-2H3,(H,23,29)(H,24,25). The maximum absolute atomic E-state index is 12.3. The van der Waals surface area contributed by atoms with Crippen molar-refractivity contribution in [3.63, 3.8) is 0 Å². The fraction of sp³-hybridized carbons (Fsp3) is 0.273. The number of aromatic nitrogens is 4. The lowest BCUT2D eigenvalue weighted by Gasteiger charge is -2.23. The highest BCUT2D eigenvalue weighted by Gasteiger charge is 2.24. The normalized spacial score (nSPS) is 16.6. The first-order valence-electron chi connectivity index (χ1n) is 9.99. The van der Waals surface area contributed by atoms with Gasteiger partial charge in [-0.1, -0.05) is 24.3 Å². The minimum Gasteiger partial charge on any atom is -0.497 e. The summed E-state index contributed by atoms with van der Waals surface area (Å²) in [6.45, 7) is 2.74. The molecule has 5 rings (SSSR count). The summed E-state index contributed by atoms with van der Waals surface area (Å²) in [6.07, 6.45) is 1.67. The Kier molecular flexibility index (Phi) is 4.46. The van der Waals surface area contributed by atoms with E-state index in [0.717, 1.165) is 40.6 Å². The topological polar surface area (TPSA) is 93.4 Å². The first-order chi connectivity index (χ1) is 14.6. The fourth-order valence-electron chi connectivity index (χ4n) is 3.86. The zero-order chi connectivity index (χ0) is 20.7. The predicted octanol–water partition coefficient (Wildman–Crippen LogP) is 2.95. The summed E-state index contributed by atoms with van der Waals surface area (Å²) in [4.78, 5) is 21.9. The van der Waals surface area contributed by atoms with Crippen LogP contribution in [0.5, 0.6) is 5.75 Å².